The fraction of sp³-hybridized carbons (Fsp3) is 0.700. The van der Waals surface area contributed by atoms with Crippen LogP contribution in [0.1, 0.15) is 30.8 Å². The van der Waals surface area contributed by atoms with Crippen LogP contribution in [0.2, 0.25) is 0 Å². The van der Waals surface area contributed by atoms with Gasteiger partial charge in [0.05, 0.1) is 5.69 Å². The number of rotatable bonds is 2. The molecule has 1 aromatic heterocycles. The summed E-state index contributed by atoms with van der Waals surface area (Å²) in [6.07, 6.45) is 2.19. The Hall–Kier alpha value is -0.640. The van der Waals surface area contributed by atoms with Gasteiger partial charge in [0.1, 0.15) is 11.6 Å². The van der Waals surface area contributed by atoms with Crippen molar-refractivity contribution in [2.45, 2.75) is 25.7 Å². The molecule has 4 heteroatoms. The quantitative estimate of drug-likeness (QED) is 0.811. The normalized spacial score (nSPS) is 21.7. The van der Waals surface area contributed by atoms with Crippen LogP contribution < -0.4 is 5.73 Å². The molecule has 0 bridgehead atoms. The minimum absolute atomic E-state index is 0.589. The molecule has 0 radical (unpaired) electrons. The first-order valence-corrected chi connectivity index (χ1v) is 6.28. The lowest BCUT2D eigenvalue weighted by Crippen LogP contribution is -2.04. The molecule has 1 unspecified atom stereocenters. The van der Waals surface area contributed by atoms with Crippen LogP contribution in [0.15, 0.2) is 0 Å². The van der Waals surface area contributed by atoms with E-state index >= 15 is 0 Å². The highest BCUT2D eigenvalue weighted by atomic mass is 32.2. The number of nitrogens with zero attached hydrogens (tertiary/aromatic N) is 2. The van der Waals surface area contributed by atoms with Gasteiger partial charge in [-0.05, 0) is 12.2 Å². The zero-order valence-corrected chi connectivity index (χ0v) is 9.60. The number of hydrogen-bond donors (Lipinski definition) is 1. The van der Waals surface area contributed by atoms with E-state index in [1.165, 1.54) is 17.9 Å². The highest BCUT2D eigenvalue weighted by molar-refractivity contribution is 7.99. The van der Waals surface area contributed by atoms with Gasteiger partial charge in [0.2, 0.25) is 0 Å². The molecule has 0 spiro atoms. The monoisotopic (exact) mass is 211 g/mol. The Kier molecular flexibility index (Phi) is 2.72. The third-order valence-corrected chi connectivity index (χ3v) is 4.06. The van der Waals surface area contributed by atoms with Crippen molar-refractivity contribution in [3.63, 3.8) is 0 Å². The number of aromatic nitrogens is 2. The molecule has 78 valence electrons. The molecular formula is C10H17N3S. The van der Waals surface area contributed by atoms with Crippen molar-refractivity contribution in [3.05, 3.63) is 11.5 Å². The van der Waals surface area contributed by atoms with Crippen LogP contribution in [0.4, 0.5) is 5.82 Å². The molecule has 0 saturated carbocycles. The molecular weight excluding hydrogens is 194 g/mol. The summed E-state index contributed by atoms with van der Waals surface area (Å²) in [5.41, 5.74) is 7.18. The molecule has 0 aromatic carbocycles. The van der Waals surface area contributed by atoms with E-state index in [1.54, 1.807) is 0 Å². The van der Waals surface area contributed by atoms with E-state index in [-0.39, 0.29) is 0 Å². The van der Waals surface area contributed by atoms with Crippen LogP contribution in [-0.4, -0.2) is 21.1 Å². The number of anilines is 1. The zero-order chi connectivity index (χ0) is 10.1. The summed E-state index contributed by atoms with van der Waals surface area (Å²) in [6, 6.07) is 0. The second kappa shape index (κ2) is 3.85. The standard InChI is InChI=1S/C10H17N3S/c1-3-8-12-9(10(11)13(8)2)7-4-5-14-6-7/h7H,3-6,11H2,1-2H3. The maximum Gasteiger partial charge on any atom is 0.126 e. The van der Waals surface area contributed by atoms with Crippen LogP contribution in [-0.2, 0) is 13.5 Å². The average molecular weight is 211 g/mol. The highest BCUT2D eigenvalue weighted by Crippen LogP contribution is 2.34. The van der Waals surface area contributed by atoms with Crippen LogP contribution in [0, 0.1) is 0 Å². The number of hydrogen-bond acceptors (Lipinski definition) is 3. The topological polar surface area (TPSA) is 43.8 Å². The van der Waals surface area contributed by atoms with E-state index in [1.807, 2.05) is 23.4 Å². The molecule has 0 amide bonds. The van der Waals surface area contributed by atoms with Gasteiger partial charge >= 0.3 is 0 Å². The van der Waals surface area contributed by atoms with Crippen molar-refractivity contribution in [3.8, 4) is 0 Å². The average Bonchev–Trinajstić information content (AvgIpc) is 2.78. The van der Waals surface area contributed by atoms with Crippen LogP contribution in [0.3, 0.4) is 0 Å². The van der Waals surface area contributed by atoms with Gasteiger partial charge < -0.3 is 10.3 Å². The van der Waals surface area contributed by atoms with E-state index in [9.17, 15) is 0 Å². The van der Waals surface area contributed by atoms with Gasteiger partial charge in [-0.2, -0.15) is 11.8 Å². The summed E-state index contributed by atoms with van der Waals surface area (Å²) in [5, 5.41) is 0. The lowest BCUT2D eigenvalue weighted by Gasteiger charge is -2.05. The maximum atomic E-state index is 6.05. The number of thioether (sulfide) groups is 1. The summed E-state index contributed by atoms with van der Waals surface area (Å²) < 4.78 is 2.03. The molecule has 1 atom stereocenters. The Balaban J connectivity index is 2.32. The number of nitrogen functional groups attached to an aromatic ring is 1. The van der Waals surface area contributed by atoms with Crippen molar-refractivity contribution in [1.82, 2.24) is 9.55 Å². The Bertz CT molecular complexity index is 326. The number of aryl methyl sites for hydroxylation is 1. The molecule has 1 aliphatic rings. The molecule has 1 saturated heterocycles. The molecule has 14 heavy (non-hydrogen) atoms. The molecule has 0 aliphatic carbocycles. The van der Waals surface area contributed by atoms with E-state index in [4.69, 9.17) is 5.73 Å². The largest absolute Gasteiger partial charge is 0.384 e. The smallest absolute Gasteiger partial charge is 0.126 e. The Morgan fingerprint density at radius 1 is 1.64 bits per heavy atom. The molecule has 2 N–H and O–H groups in total. The SMILES string of the molecule is CCc1nc(C2CCSC2)c(N)n1C. The molecule has 2 heterocycles. The van der Waals surface area contributed by atoms with Gasteiger partial charge in [0.25, 0.3) is 0 Å². The van der Waals surface area contributed by atoms with Gasteiger partial charge in [0.15, 0.2) is 0 Å². The van der Waals surface area contributed by atoms with Crippen molar-refractivity contribution in [2.24, 2.45) is 7.05 Å². The Morgan fingerprint density at radius 3 is 2.93 bits per heavy atom. The van der Waals surface area contributed by atoms with Crippen molar-refractivity contribution >= 4 is 17.6 Å². The summed E-state index contributed by atoms with van der Waals surface area (Å²) >= 11 is 2.00. The number of imidazole rings is 1. The van der Waals surface area contributed by atoms with Crippen molar-refractivity contribution in [2.75, 3.05) is 17.2 Å². The lowest BCUT2D eigenvalue weighted by molar-refractivity contribution is 0.755. The summed E-state index contributed by atoms with van der Waals surface area (Å²) in [4.78, 5) is 4.63. The van der Waals surface area contributed by atoms with Crippen LogP contribution >= 0.6 is 11.8 Å². The molecule has 1 aliphatic heterocycles. The first-order chi connectivity index (χ1) is 6.74. The van der Waals surface area contributed by atoms with Gasteiger partial charge in [-0.1, -0.05) is 6.92 Å². The van der Waals surface area contributed by atoms with E-state index in [2.05, 4.69) is 11.9 Å². The Labute approximate surface area is 89.1 Å². The second-order valence-corrected chi connectivity index (χ2v) is 4.92. The fourth-order valence-electron chi connectivity index (χ4n) is 1.95. The third kappa shape index (κ3) is 1.52. The van der Waals surface area contributed by atoms with Crippen LogP contribution in [0.25, 0.3) is 0 Å². The summed E-state index contributed by atoms with van der Waals surface area (Å²) in [5.74, 6) is 5.00. The lowest BCUT2D eigenvalue weighted by atomic mass is 10.1. The van der Waals surface area contributed by atoms with Gasteiger partial charge in [0, 0.05) is 25.1 Å². The molecule has 3 nitrogen and oxygen atoms in total. The zero-order valence-electron chi connectivity index (χ0n) is 8.79. The summed E-state index contributed by atoms with van der Waals surface area (Å²) in [6.45, 7) is 2.12. The van der Waals surface area contributed by atoms with Gasteiger partial charge in [-0.25, -0.2) is 4.98 Å². The first kappa shape index (κ1) is 9.90. The van der Waals surface area contributed by atoms with Gasteiger partial charge in [-0.15, -0.1) is 0 Å². The van der Waals surface area contributed by atoms with Crippen LogP contribution in [0.5, 0.6) is 0 Å². The summed E-state index contributed by atoms with van der Waals surface area (Å²) in [7, 11) is 2.01. The molecule has 2 rings (SSSR count). The second-order valence-electron chi connectivity index (χ2n) is 3.77. The molecule has 1 aromatic rings. The van der Waals surface area contributed by atoms with E-state index in [0.717, 1.165) is 23.8 Å². The fourth-order valence-corrected chi connectivity index (χ4v) is 3.18. The van der Waals surface area contributed by atoms with Crippen molar-refractivity contribution < 1.29 is 0 Å². The maximum absolute atomic E-state index is 6.05. The third-order valence-electron chi connectivity index (χ3n) is 2.89. The van der Waals surface area contributed by atoms with Gasteiger partial charge in [-0.3, -0.25) is 0 Å². The Morgan fingerprint density at radius 2 is 2.43 bits per heavy atom. The highest BCUT2D eigenvalue weighted by Gasteiger charge is 2.24. The minimum atomic E-state index is 0.589. The minimum Gasteiger partial charge on any atom is -0.384 e. The van der Waals surface area contributed by atoms with Crippen molar-refractivity contribution in [1.29, 1.82) is 0 Å². The van der Waals surface area contributed by atoms with E-state index in [0.29, 0.717) is 5.92 Å². The first-order valence-electron chi connectivity index (χ1n) is 5.12. The predicted molar refractivity (Wildman–Crippen MR) is 61.7 cm³/mol. The van der Waals surface area contributed by atoms with E-state index < -0.39 is 0 Å². The molecule has 1 fully saturated rings. The predicted octanol–water partition coefficient (Wildman–Crippen LogP) is 1.79. The number of nitrogens with two attached hydrogens (primary N) is 1.